The first-order chi connectivity index (χ1) is 13.7. The van der Waals surface area contributed by atoms with Crippen molar-refractivity contribution in [1.82, 2.24) is 20.4 Å². The summed E-state index contributed by atoms with van der Waals surface area (Å²) in [5.74, 6) is -0.118. The summed E-state index contributed by atoms with van der Waals surface area (Å²) >= 11 is 0. The van der Waals surface area contributed by atoms with Crippen LogP contribution >= 0.6 is 0 Å². The lowest BCUT2D eigenvalue weighted by atomic mass is 10.1. The number of urea groups is 1. The summed E-state index contributed by atoms with van der Waals surface area (Å²) in [5, 5.41) is 5.82. The fourth-order valence-electron chi connectivity index (χ4n) is 3.45. The predicted octanol–water partition coefficient (Wildman–Crippen LogP) is 2.22. The molecule has 148 valence electrons. The largest absolute Gasteiger partial charge is 0.350 e. The van der Waals surface area contributed by atoms with Crippen LogP contribution in [0, 0.1) is 0 Å². The van der Waals surface area contributed by atoms with Crippen molar-refractivity contribution >= 4 is 11.9 Å². The Morgan fingerprint density at radius 1 is 0.929 bits per heavy atom. The van der Waals surface area contributed by atoms with E-state index in [2.05, 4.69) is 27.7 Å². The van der Waals surface area contributed by atoms with E-state index in [1.165, 1.54) is 5.56 Å². The minimum absolute atomic E-state index is 0.118. The number of hydrogen-bond acceptors (Lipinski definition) is 3. The average molecular weight is 380 g/mol. The SMILES string of the molecule is CCNC(=O)N1CCN(Cc2ccccc2)CC1C(=O)NCc1ccccc1. The summed E-state index contributed by atoms with van der Waals surface area (Å²) < 4.78 is 0. The molecule has 0 spiro atoms. The standard InChI is InChI=1S/C22H28N4O2/c1-2-23-22(28)26-14-13-25(16-19-11-7-4-8-12-19)17-20(26)21(27)24-15-18-9-5-3-6-10-18/h3-12,20H,2,13-17H2,1H3,(H,23,28)(H,24,27). The number of nitrogens with one attached hydrogen (secondary N) is 2. The molecule has 28 heavy (non-hydrogen) atoms. The number of benzene rings is 2. The molecule has 2 N–H and O–H groups in total. The van der Waals surface area contributed by atoms with Gasteiger partial charge in [0.15, 0.2) is 0 Å². The molecule has 0 aliphatic carbocycles. The lowest BCUT2D eigenvalue weighted by Crippen LogP contribution is -2.62. The molecular weight excluding hydrogens is 352 g/mol. The molecular formula is C22H28N4O2. The van der Waals surface area contributed by atoms with Crippen LogP contribution in [-0.4, -0.2) is 54.0 Å². The van der Waals surface area contributed by atoms with Crippen molar-refractivity contribution in [3.05, 3.63) is 71.8 Å². The van der Waals surface area contributed by atoms with E-state index in [1.807, 2.05) is 55.5 Å². The summed E-state index contributed by atoms with van der Waals surface area (Å²) in [4.78, 5) is 29.3. The molecule has 1 aliphatic heterocycles. The Bertz CT molecular complexity index is 767. The van der Waals surface area contributed by atoms with Gasteiger partial charge < -0.3 is 15.5 Å². The van der Waals surface area contributed by atoms with E-state index < -0.39 is 6.04 Å². The van der Waals surface area contributed by atoms with Gasteiger partial charge in [-0.1, -0.05) is 60.7 Å². The van der Waals surface area contributed by atoms with Crippen molar-refractivity contribution in [3.8, 4) is 0 Å². The van der Waals surface area contributed by atoms with Crippen LogP contribution in [0.5, 0.6) is 0 Å². The number of piperazine rings is 1. The first kappa shape index (κ1) is 19.9. The van der Waals surface area contributed by atoms with Gasteiger partial charge in [-0.25, -0.2) is 4.79 Å². The molecule has 0 aromatic heterocycles. The molecule has 0 saturated carbocycles. The van der Waals surface area contributed by atoms with Crippen LogP contribution in [-0.2, 0) is 17.9 Å². The lowest BCUT2D eigenvalue weighted by Gasteiger charge is -2.40. The maximum atomic E-state index is 12.9. The second kappa shape index (κ2) is 9.90. The van der Waals surface area contributed by atoms with E-state index in [0.717, 1.165) is 18.7 Å². The van der Waals surface area contributed by atoms with Gasteiger partial charge in [0.1, 0.15) is 6.04 Å². The third-order valence-corrected chi connectivity index (χ3v) is 4.91. The minimum Gasteiger partial charge on any atom is -0.350 e. The number of rotatable bonds is 6. The van der Waals surface area contributed by atoms with E-state index in [9.17, 15) is 9.59 Å². The highest BCUT2D eigenvalue weighted by Gasteiger charge is 2.35. The number of carbonyl (C=O) groups is 2. The fourth-order valence-corrected chi connectivity index (χ4v) is 3.45. The number of amides is 3. The van der Waals surface area contributed by atoms with Gasteiger partial charge in [-0.3, -0.25) is 9.69 Å². The van der Waals surface area contributed by atoms with Gasteiger partial charge in [0, 0.05) is 39.3 Å². The van der Waals surface area contributed by atoms with Crippen molar-refractivity contribution in [1.29, 1.82) is 0 Å². The first-order valence-electron chi connectivity index (χ1n) is 9.79. The monoisotopic (exact) mass is 380 g/mol. The molecule has 2 aromatic carbocycles. The van der Waals surface area contributed by atoms with Crippen molar-refractivity contribution in [2.45, 2.75) is 26.1 Å². The molecule has 6 heteroatoms. The molecule has 1 heterocycles. The summed E-state index contributed by atoms with van der Waals surface area (Å²) in [6.45, 7) is 5.45. The average Bonchev–Trinajstić information content (AvgIpc) is 2.73. The third-order valence-electron chi connectivity index (χ3n) is 4.91. The Hall–Kier alpha value is -2.86. The van der Waals surface area contributed by atoms with Crippen LogP contribution in [0.2, 0.25) is 0 Å². The van der Waals surface area contributed by atoms with Crippen LogP contribution in [0.4, 0.5) is 4.79 Å². The zero-order chi connectivity index (χ0) is 19.8. The molecule has 1 aliphatic rings. The van der Waals surface area contributed by atoms with Crippen molar-refractivity contribution in [2.24, 2.45) is 0 Å². The van der Waals surface area contributed by atoms with Crippen molar-refractivity contribution < 1.29 is 9.59 Å². The van der Waals surface area contributed by atoms with Gasteiger partial charge >= 0.3 is 6.03 Å². The first-order valence-corrected chi connectivity index (χ1v) is 9.79. The second-order valence-corrected chi connectivity index (χ2v) is 6.97. The van der Waals surface area contributed by atoms with Crippen LogP contribution in [0.1, 0.15) is 18.1 Å². The van der Waals surface area contributed by atoms with E-state index in [0.29, 0.717) is 26.2 Å². The van der Waals surface area contributed by atoms with Crippen LogP contribution in [0.25, 0.3) is 0 Å². The molecule has 1 saturated heterocycles. The molecule has 0 bridgehead atoms. The van der Waals surface area contributed by atoms with E-state index in [-0.39, 0.29) is 11.9 Å². The van der Waals surface area contributed by atoms with Crippen molar-refractivity contribution in [3.63, 3.8) is 0 Å². The van der Waals surface area contributed by atoms with Crippen molar-refractivity contribution in [2.75, 3.05) is 26.2 Å². The summed E-state index contributed by atoms with van der Waals surface area (Å²) in [6.07, 6.45) is 0. The zero-order valence-electron chi connectivity index (χ0n) is 16.3. The van der Waals surface area contributed by atoms with E-state index in [4.69, 9.17) is 0 Å². The summed E-state index contributed by atoms with van der Waals surface area (Å²) in [7, 11) is 0. The molecule has 6 nitrogen and oxygen atoms in total. The van der Waals surface area contributed by atoms with Crippen LogP contribution in [0.3, 0.4) is 0 Å². The second-order valence-electron chi connectivity index (χ2n) is 6.97. The quantitative estimate of drug-likeness (QED) is 0.808. The fraction of sp³-hybridized carbons (Fsp3) is 0.364. The molecule has 0 radical (unpaired) electrons. The number of hydrogen-bond donors (Lipinski definition) is 2. The Morgan fingerprint density at radius 3 is 2.21 bits per heavy atom. The number of carbonyl (C=O) groups excluding carboxylic acids is 2. The molecule has 1 unspecified atom stereocenters. The Balaban J connectivity index is 1.67. The van der Waals surface area contributed by atoms with Crippen LogP contribution in [0.15, 0.2) is 60.7 Å². The molecule has 3 rings (SSSR count). The molecule has 2 aromatic rings. The van der Waals surface area contributed by atoms with Gasteiger partial charge in [0.25, 0.3) is 0 Å². The van der Waals surface area contributed by atoms with Crippen LogP contribution < -0.4 is 10.6 Å². The highest BCUT2D eigenvalue weighted by molar-refractivity contribution is 5.87. The highest BCUT2D eigenvalue weighted by atomic mass is 16.2. The topological polar surface area (TPSA) is 64.7 Å². The Labute approximate surface area is 166 Å². The van der Waals surface area contributed by atoms with E-state index >= 15 is 0 Å². The van der Waals surface area contributed by atoms with Gasteiger partial charge in [-0.15, -0.1) is 0 Å². The zero-order valence-corrected chi connectivity index (χ0v) is 16.3. The van der Waals surface area contributed by atoms with Gasteiger partial charge in [-0.2, -0.15) is 0 Å². The van der Waals surface area contributed by atoms with Gasteiger partial charge in [0.05, 0.1) is 0 Å². The molecule has 3 amide bonds. The Morgan fingerprint density at radius 2 is 1.57 bits per heavy atom. The minimum atomic E-state index is -0.507. The van der Waals surface area contributed by atoms with E-state index in [1.54, 1.807) is 4.90 Å². The highest BCUT2D eigenvalue weighted by Crippen LogP contribution is 2.14. The maximum Gasteiger partial charge on any atom is 0.318 e. The predicted molar refractivity (Wildman–Crippen MR) is 110 cm³/mol. The Kier molecular flexibility index (Phi) is 7.03. The third kappa shape index (κ3) is 5.33. The van der Waals surface area contributed by atoms with Gasteiger partial charge in [0.2, 0.25) is 5.91 Å². The molecule has 1 fully saturated rings. The smallest absolute Gasteiger partial charge is 0.318 e. The van der Waals surface area contributed by atoms with Gasteiger partial charge in [-0.05, 0) is 18.1 Å². The number of nitrogens with zero attached hydrogens (tertiary/aromatic N) is 2. The maximum absolute atomic E-state index is 12.9. The summed E-state index contributed by atoms with van der Waals surface area (Å²) in [6, 6.07) is 19.3. The summed E-state index contributed by atoms with van der Waals surface area (Å²) in [5.41, 5.74) is 2.25. The lowest BCUT2D eigenvalue weighted by molar-refractivity contribution is -0.127. The molecule has 1 atom stereocenters. The normalized spacial score (nSPS) is 17.2.